The highest BCUT2D eigenvalue weighted by molar-refractivity contribution is 6.04. The second-order valence-corrected chi connectivity index (χ2v) is 5.39. The minimum Gasteiger partial charge on any atom is -0.492 e. The summed E-state index contributed by atoms with van der Waals surface area (Å²) in [5.74, 6) is 0.00995. The summed E-state index contributed by atoms with van der Waals surface area (Å²) in [6.07, 6.45) is -0.205. The predicted molar refractivity (Wildman–Crippen MR) is 93.8 cm³/mol. The molecule has 0 aromatic heterocycles. The van der Waals surface area contributed by atoms with E-state index in [1.165, 1.54) is 0 Å². The van der Waals surface area contributed by atoms with Gasteiger partial charge in [0.2, 0.25) is 11.8 Å². The molecule has 2 aromatic carbocycles. The molecule has 5 heteroatoms. The zero-order valence-electron chi connectivity index (χ0n) is 14.0. The summed E-state index contributed by atoms with van der Waals surface area (Å²) in [4.78, 5) is 25.9. The van der Waals surface area contributed by atoms with E-state index in [4.69, 9.17) is 4.74 Å². The highest BCUT2D eigenvalue weighted by atomic mass is 16.5. The first-order valence-electron chi connectivity index (χ1n) is 7.89. The quantitative estimate of drug-likeness (QED) is 0.796. The van der Waals surface area contributed by atoms with Crippen molar-refractivity contribution >= 4 is 17.5 Å². The molecule has 0 radical (unpaired) electrons. The average Bonchev–Trinajstić information content (AvgIpc) is 2.57. The van der Waals surface area contributed by atoms with Crippen molar-refractivity contribution in [2.24, 2.45) is 0 Å². The molecule has 0 spiro atoms. The maximum atomic E-state index is 12.2. The Morgan fingerprint density at radius 1 is 1.04 bits per heavy atom. The summed E-state index contributed by atoms with van der Waals surface area (Å²) in [7, 11) is 1.69. The van der Waals surface area contributed by atoms with Crippen LogP contribution in [0.2, 0.25) is 0 Å². The van der Waals surface area contributed by atoms with Crippen LogP contribution in [0.5, 0.6) is 5.75 Å². The lowest BCUT2D eigenvalue weighted by atomic mass is 10.2. The lowest BCUT2D eigenvalue weighted by Crippen LogP contribution is -2.30. The van der Waals surface area contributed by atoms with E-state index >= 15 is 0 Å². The molecule has 0 bridgehead atoms. The van der Waals surface area contributed by atoms with E-state index in [0.717, 1.165) is 5.56 Å². The standard InChI is InChI=1S/C19H22N2O3/c1-3-24-17-12-8-7-11-16(17)20-18(22)13-19(23)21(2)14-15-9-5-4-6-10-15/h4-12H,3,13-14H2,1-2H3,(H,20,22). The Balaban J connectivity index is 1.91. The molecule has 2 amide bonds. The zero-order chi connectivity index (χ0) is 17.4. The second-order valence-electron chi connectivity index (χ2n) is 5.39. The number of benzene rings is 2. The molecule has 0 saturated heterocycles. The normalized spacial score (nSPS) is 10.1. The zero-order valence-corrected chi connectivity index (χ0v) is 14.0. The van der Waals surface area contributed by atoms with Gasteiger partial charge in [0.1, 0.15) is 12.2 Å². The highest BCUT2D eigenvalue weighted by Crippen LogP contribution is 2.23. The summed E-state index contributed by atoms with van der Waals surface area (Å²) >= 11 is 0. The molecule has 0 aliphatic heterocycles. The number of hydrogen-bond acceptors (Lipinski definition) is 3. The molecule has 0 aliphatic rings. The van der Waals surface area contributed by atoms with Gasteiger partial charge in [-0.2, -0.15) is 0 Å². The number of para-hydroxylation sites is 2. The lowest BCUT2D eigenvalue weighted by Gasteiger charge is -2.17. The Morgan fingerprint density at radius 3 is 2.42 bits per heavy atom. The van der Waals surface area contributed by atoms with Crippen LogP contribution in [0.4, 0.5) is 5.69 Å². The number of anilines is 1. The van der Waals surface area contributed by atoms with Gasteiger partial charge in [-0.15, -0.1) is 0 Å². The molecule has 0 unspecified atom stereocenters. The average molecular weight is 326 g/mol. The van der Waals surface area contributed by atoms with E-state index in [0.29, 0.717) is 24.6 Å². The van der Waals surface area contributed by atoms with Crippen molar-refractivity contribution in [2.45, 2.75) is 19.9 Å². The highest BCUT2D eigenvalue weighted by Gasteiger charge is 2.15. The molecule has 126 valence electrons. The van der Waals surface area contributed by atoms with Gasteiger partial charge in [0.15, 0.2) is 0 Å². The summed E-state index contributed by atoms with van der Waals surface area (Å²) in [5.41, 5.74) is 1.60. The number of nitrogens with zero attached hydrogens (tertiary/aromatic N) is 1. The van der Waals surface area contributed by atoms with Gasteiger partial charge in [-0.1, -0.05) is 42.5 Å². The van der Waals surface area contributed by atoms with Crippen molar-refractivity contribution in [2.75, 3.05) is 19.0 Å². The first-order valence-corrected chi connectivity index (χ1v) is 7.89. The van der Waals surface area contributed by atoms with E-state index < -0.39 is 0 Å². The fourth-order valence-corrected chi connectivity index (χ4v) is 2.26. The summed E-state index contributed by atoms with van der Waals surface area (Å²) < 4.78 is 5.46. The molecular weight excluding hydrogens is 304 g/mol. The summed E-state index contributed by atoms with van der Waals surface area (Å²) in [5, 5.41) is 2.73. The van der Waals surface area contributed by atoms with E-state index in [2.05, 4.69) is 5.32 Å². The Bertz CT molecular complexity index is 686. The van der Waals surface area contributed by atoms with Crippen LogP contribution in [-0.2, 0) is 16.1 Å². The minimum absolute atomic E-state index is 0.205. The van der Waals surface area contributed by atoms with E-state index in [-0.39, 0.29) is 18.2 Å². The number of hydrogen-bond donors (Lipinski definition) is 1. The molecule has 0 heterocycles. The molecule has 2 rings (SSSR count). The van der Waals surface area contributed by atoms with Crippen LogP contribution in [0.25, 0.3) is 0 Å². The number of nitrogens with one attached hydrogen (secondary N) is 1. The molecule has 5 nitrogen and oxygen atoms in total. The van der Waals surface area contributed by atoms with Crippen LogP contribution in [0.1, 0.15) is 18.9 Å². The minimum atomic E-state index is -0.355. The third-order valence-electron chi connectivity index (χ3n) is 3.46. The van der Waals surface area contributed by atoms with Gasteiger partial charge in [0.05, 0.1) is 12.3 Å². The van der Waals surface area contributed by atoms with Crippen molar-refractivity contribution in [1.82, 2.24) is 4.90 Å². The van der Waals surface area contributed by atoms with Crippen molar-refractivity contribution in [3.63, 3.8) is 0 Å². The maximum Gasteiger partial charge on any atom is 0.233 e. The van der Waals surface area contributed by atoms with Crippen molar-refractivity contribution in [3.05, 3.63) is 60.2 Å². The number of carbonyl (C=O) groups is 2. The molecule has 0 aliphatic carbocycles. The van der Waals surface area contributed by atoms with Crippen molar-refractivity contribution < 1.29 is 14.3 Å². The van der Waals surface area contributed by atoms with Crippen LogP contribution in [0, 0.1) is 0 Å². The monoisotopic (exact) mass is 326 g/mol. The van der Waals surface area contributed by atoms with Crippen LogP contribution < -0.4 is 10.1 Å². The second kappa shape index (κ2) is 8.72. The summed E-state index contributed by atoms with van der Waals surface area (Å²) in [6, 6.07) is 16.8. The molecule has 0 saturated carbocycles. The number of ether oxygens (including phenoxy) is 1. The molecule has 0 fully saturated rings. The Kier molecular flexibility index (Phi) is 6.37. The van der Waals surface area contributed by atoms with Gasteiger partial charge in [-0.05, 0) is 24.6 Å². The van der Waals surface area contributed by atoms with E-state index in [1.54, 1.807) is 24.1 Å². The van der Waals surface area contributed by atoms with Crippen LogP contribution in [0.3, 0.4) is 0 Å². The first-order chi connectivity index (χ1) is 11.6. The number of amides is 2. The van der Waals surface area contributed by atoms with Gasteiger partial charge >= 0.3 is 0 Å². The van der Waals surface area contributed by atoms with Crippen LogP contribution in [-0.4, -0.2) is 30.4 Å². The fourth-order valence-electron chi connectivity index (χ4n) is 2.26. The summed E-state index contributed by atoms with van der Waals surface area (Å²) in [6.45, 7) is 2.86. The smallest absolute Gasteiger partial charge is 0.233 e. The molecular formula is C19H22N2O3. The number of carbonyl (C=O) groups excluding carboxylic acids is 2. The Labute approximate surface area is 142 Å². The van der Waals surface area contributed by atoms with Crippen LogP contribution >= 0.6 is 0 Å². The van der Waals surface area contributed by atoms with Crippen LogP contribution in [0.15, 0.2) is 54.6 Å². The van der Waals surface area contributed by atoms with Gasteiger partial charge < -0.3 is 15.0 Å². The Morgan fingerprint density at radius 2 is 1.71 bits per heavy atom. The van der Waals surface area contributed by atoms with Gasteiger partial charge in [-0.3, -0.25) is 9.59 Å². The lowest BCUT2D eigenvalue weighted by molar-refractivity contribution is -0.134. The predicted octanol–water partition coefficient (Wildman–Crippen LogP) is 3.07. The van der Waals surface area contributed by atoms with Crippen molar-refractivity contribution in [3.8, 4) is 5.75 Å². The molecule has 1 N–H and O–H groups in total. The topological polar surface area (TPSA) is 58.6 Å². The molecule has 24 heavy (non-hydrogen) atoms. The molecule has 2 aromatic rings. The third-order valence-corrected chi connectivity index (χ3v) is 3.46. The van der Waals surface area contributed by atoms with Gasteiger partial charge in [0.25, 0.3) is 0 Å². The SMILES string of the molecule is CCOc1ccccc1NC(=O)CC(=O)N(C)Cc1ccccc1. The van der Waals surface area contributed by atoms with Crippen molar-refractivity contribution in [1.29, 1.82) is 0 Å². The van der Waals surface area contributed by atoms with E-state index in [9.17, 15) is 9.59 Å². The van der Waals surface area contributed by atoms with Gasteiger partial charge in [0, 0.05) is 13.6 Å². The fraction of sp³-hybridized carbons (Fsp3) is 0.263. The Hall–Kier alpha value is -2.82. The largest absolute Gasteiger partial charge is 0.492 e. The van der Waals surface area contributed by atoms with E-state index in [1.807, 2.05) is 49.4 Å². The van der Waals surface area contributed by atoms with Gasteiger partial charge in [-0.25, -0.2) is 0 Å². The first kappa shape index (κ1) is 17.5. The molecule has 0 atom stereocenters. The third kappa shape index (κ3) is 5.12. The maximum absolute atomic E-state index is 12.2. The number of rotatable bonds is 7.